The van der Waals surface area contributed by atoms with Crippen molar-refractivity contribution in [3.8, 4) is 22.3 Å². The molecule has 158 valence electrons. The molecule has 0 spiro atoms. The Kier molecular flexibility index (Phi) is 4.81. The van der Waals surface area contributed by atoms with Crippen molar-refractivity contribution in [3.05, 3.63) is 132 Å². The second-order valence-electron chi connectivity index (χ2n) is 8.62. The lowest BCUT2D eigenvalue weighted by molar-refractivity contribution is 0.670. The van der Waals surface area contributed by atoms with Crippen LogP contribution in [-0.4, -0.2) is 0 Å². The summed E-state index contributed by atoms with van der Waals surface area (Å²) in [5.74, 6) is 0.310. The highest BCUT2D eigenvalue weighted by molar-refractivity contribution is 6.09. The second kappa shape index (κ2) is 8.11. The van der Waals surface area contributed by atoms with Crippen molar-refractivity contribution < 1.29 is 4.42 Å². The molecule has 0 saturated heterocycles. The van der Waals surface area contributed by atoms with Gasteiger partial charge in [0.2, 0.25) is 0 Å². The van der Waals surface area contributed by atoms with E-state index in [1.807, 2.05) is 12.1 Å². The summed E-state index contributed by atoms with van der Waals surface area (Å²) in [6.07, 6.45) is 0. The van der Waals surface area contributed by atoms with E-state index >= 15 is 0 Å². The maximum absolute atomic E-state index is 6.24. The minimum Gasteiger partial charge on any atom is -0.455 e. The normalized spacial score (nSPS) is 12.3. The van der Waals surface area contributed by atoms with Gasteiger partial charge in [0.25, 0.3) is 0 Å². The summed E-state index contributed by atoms with van der Waals surface area (Å²) in [6.45, 7) is 2.28. The summed E-state index contributed by atoms with van der Waals surface area (Å²) in [6, 6.07) is 43.0. The van der Waals surface area contributed by atoms with E-state index in [2.05, 4.69) is 116 Å². The van der Waals surface area contributed by atoms with E-state index in [0.717, 1.165) is 22.1 Å². The van der Waals surface area contributed by atoms with Crippen molar-refractivity contribution >= 4 is 21.9 Å². The fourth-order valence-corrected chi connectivity index (χ4v) is 4.74. The lowest BCUT2D eigenvalue weighted by atomic mass is 9.90. The first kappa shape index (κ1) is 19.6. The number of hydrogen-bond acceptors (Lipinski definition) is 1. The van der Waals surface area contributed by atoms with Crippen LogP contribution in [0.4, 0.5) is 0 Å². The Labute approximate surface area is 193 Å². The fourth-order valence-electron chi connectivity index (χ4n) is 4.74. The van der Waals surface area contributed by atoms with Gasteiger partial charge in [-0.1, -0.05) is 122 Å². The Morgan fingerprint density at radius 2 is 1.21 bits per heavy atom. The Morgan fingerprint density at radius 3 is 2.06 bits per heavy atom. The van der Waals surface area contributed by atoms with E-state index in [4.69, 9.17) is 4.42 Å². The monoisotopic (exact) mass is 424 g/mol. The maximum atomic E-state index is 6.24. The highest BCUT2D eigenvalue weighted by atomic mass is 16.3. The standard InChI is InChI=1S/C32H24O/c1-22(26-11-7-12-27(21-26)24-9-3-2-4-10-24)23-17-19-25(20-18-23)28-14-8-15-30-29-13-5-6-16-31(29)33-32(28)30/h2-22H,1H3. The Balaban J connectivity index is 1.34. The first-order valence-electron chi connectivity index (χ1n) is 11.4. The molecule has 5 aromatic carbocycles. The number of para-hydroxylation sites is 2. The molecule has 0 fully saturated rings. The first-order chi connectivity index (χ1) is 16.3. The molecule has 0 aliphatic heterocycles. The third kappa shape index (κ3) is 3.52. The van der Waals surface area contributed by atoms with E-state index in [1.165, 1.54) is 33.2 Å². The molecule has 1 nitrogen and oxygen atoms in total. The summed E-state index contributed by atoms with van der Waals surface area (Å²) in [4.78, 5) is 0. The van der Waals surface area contributed by atoms with E-state index in [9.17, 15) is 0 Å². The van der Waals surface area contributed by atoms with Gasteiger partial charge in [-0.2, -0.15) is 0 Å². The number of furan rings is 1. The van der Waals surface area contributed by atoms with Gasteiger partial charge in [0, 0.05) is 22.3 Å². The molecule has 1 heteroatoms. The summed E-state index contributed by atoms with van der Waals surface area (Å²) >= 11 is 0. The average molecular weight is 425 g/mol. The van der Waals surface area contributed by atoms with Gasteiger partial charge >= 0.3 is 0 Å². The molecule has 33 heavy (non-hydrogen) atoms. The van der Waals surface area contributed by atoms with Crippen LogP contribution in [0, 0.1) is 0 Å². The average Bonchev–Trinajstić information content (AvgIpc) is 3.28. The third-order valence-electron chi connectivity index (χ3n) is 6.62. The van der Waals surface area contributed by atoms with Crippen LogP contribution in [0.1, 0.15) is 24.0 Å². The highest BCUT2D eigenvalue weighted by Crippen LogP contribution is 2.36. The van der Waals surface area contributed by atoms with Gasteiger partial charge in [0.05, 0.1) is 0 Å². The molecule has 0 radical (unpaired) electrons. The van der Waals surface area contributed by atoms with Crippen LogP contribution < -0.4 is 0 Å². The molecule has 0 aliphatic rings. The van der Waals surface area contributed by atoms with Gasteiger partial charge in [0.15, 0.2) is 0 Å². The number of hydrogen-bond donors (Lipinski definition) is 0. The van der Waals surface area contributed by atoms with Gasteiger partial charge in [-0.15, -0.1) is 0 Å². The molecule has 0 bridgehead atoms. The fraction of sp³-hybridized carbons (Fsp3) is 0.0625. The van der Waals surface area contributed by atoms with Crippen molar-refractivity contribution in [2.75, 3.05) is 0 Å². The van der Waals surface area contributed by atoms with Crippen LogP contribution >= 0.6 is 0 Å². The zero-order chi connectivity index (χ0) is 22.2. The quantitative estimate of drug-likeness (QED) is 0.275. The van der Waals surface area contributed by atoms with E-state index in [-0.39, 0.29) is 0 Å². The Bertz CT molecular complexity index is 1560. The number of fused-ring (bicyclic) bond motifs is 3. The predicted octanol–water partition coefficient (Wildman–Crippen LogP) is 9.07. The molecule has 0 saturated carbocycles. The molecule has 0 aliphatic carbocycles. The first-order valence-corrected chi connectivity index (χ1v) is 11.4. The lowest BCUT2D eigenvalue weighted by Crippen LogP contribution is -1.96. The molecule has 1 unspecified atom stereocenters. The van der Waals surface area contributed by atoms with Crippen LogP contribution in [0.5, 0.6) is 0 Å². The zero-order valence-electron chi connectivity index (χ0n) is 18.5. The SMILES string of the molecule is CC(c1ccc(-c2cccc3c2oc2ccccc23)cc1)c1cccc(-c2ccccc2)c1. The molecule has 1 atom stereocenters. The van der Waals surface area contributed by atoms with Gasteiger partial charge in [-0.25, -0.2) is 0 Å². The molecule has 1 aromatic heterocycles. The predicted molar refractivity (Wildman–Crippen MR) is 139 cm³/mol. The molecular formula is C32H24O. The summed E-state index contributed by atoms with van der Waals surface area (Å²) in [5, 5.41) is 2.33. The van der Waals surface area contributed by atoms with Gasteiger partial charge in [0.1, 0.15) is 11.2 Å². The van der Waals surface area contributed by atoms with E-state index in [1.54, 1.807) is 0 Å². The van der Waals surface area contributed by atoms with E-state index < -0.39 is 0 Å². The summed E-state index contributed by atoms with van der Waals surface area (Å²) in [5.41, 5.74) is 9.33. The van der Waals surface area contributed by atoms with Crippen LogP contribution in [0.3, 0.4) is 0 Å². The minimum atomic E-state index is 0.310. The van der Waals surface area contributed by atoms with Crippen molar-refractivity contribution in [1.29, 1.82) is 0 Å². The summed E-state index contributed by atoms with van der Waals surface area (Å²) in [7, 11) is 0. The van der Waals surface area contributed by atoms with Crippen LogP contribution in [-0.2, 0) is 0 Å². The number of rotatable bonds is 4. The largest absolute Gasteiger partial charge is 0.455 e. The van der Waals surface area contributed by atoms with E-state index in [0.29, 0.717) is 5.92 Å². The molecule has 1 heterocycles. The van der Waals surface area contributed by atoms with Crippen molar-refractivity contribution in [2.45, 2.75) is 12.8 Å². The molecular weight excluding hydrogens is 400 g/mol. The minimum absolute atomic E-state index is 0.310. The van der Waals surface area contributed by atoms with Gasteiger partial charge < -0.3 is 4.42 Å². The Morgan fingerprint density at radius 1 is 0.515 bits per heavy atom. The second-order valence-corrected chi connectivity index (χ2v) is 8.62. The lowest BCUT2D eigenvalue weighted by Gasteiger charge is -2.15. The van der Waals surface area contributed by atoms with Gasteiger partial charge in [-0.3, -0.25) is 0 Å². The third-order valence-corrected chi connectivity index (χ3v) is 6.62. The van der Waals surface area contributed by atoms with Crippen molar-refractivity contribution in [2.24, 2.45) is 0 Å². The van der Waals surface area contributed by atoms with Crippen molar-refractivity contribution in [1.82, 2.24) is 0 Å². The highest BCUT2D eigenvalue weighted by Gasteiger charge is 2.13. The summed E-state index contributed by atoms with van der Waals surface area (Å²) < 4.78 is 6.24. The molecule has 6 aromatic rings. The van der Waals surface area contributed by atoms with Crippen LogP contribution in [0.25, 0.3) is 44.2 Å². The number of benzene rings is 5. The van der Waals surface area contributed by atoms with Crippen LogP contribution in [0.15, 0.2) is 126 Å². The smallest absolute Gasteiger partial charge is 0.143 e. The molecule has 0 N–H and O–H groups in total. The topological polar surface area (TPSA) is 13.1 Å². The zero-order valence-corrected chi connectivity index (χ0v) is 18.5. The Hall–Kier alpha value is -4.10. The molecule has 6 rings (SSSR count). The van der Waals surface area contributed by atoms with Crippen LogP contribution in [0.2, 0.25) is 0 Å². The van der Waals surface area contributed by atoms with Crippen molar-refractivity contribution in [3.63, 3.8) is 0 Å². The molecule has 0 amide bonds. The van der Waals surface area contributed by atoms with Gasteiger partial charge in [-0.05, 0) is 33.9 Å². The maximum Gasteiger partial charge on any atom is 0.143 e.